The molecule has 49 nitrogen and oxygen atoms in total. The minimum Gasteiger partial charge on any atom is -0.462 e. The first kappa shape index (κ1) is 120. The lowest BCUT2D eigenvalue weighted by Crippen LogP contribution is -2.61. The third kappa shape index (κ3) is 29.6. The van der Waals surface area contributed by atoms with Crippen LogP contribution in [-0.2, 0) is 110 Å². The number of pyridine rings is 1. The SMILES string of the molecule is CNC1CN(C(=O)COC)c2ncccc2N(CC(C)=O)C1=O.CN[C@H]1CN(C(C)=O)CC2CCC[C@@H](C(C)=O)N2C1=O.CN[C@H]1CNC(=O)C2CCC[C@@H](C(C)=O)N2C1=O.CN[C@H]1CNC(=O)N2CCC[C@@H](C(C)=O)N2C1=O.CN[C@H]1CNCC2CCC[C@@H](C(C)=O)N2C1=O.CN[C@H]1CNCN2CCC[C@@H](C(C)=O)N2C1=O.CN[C@H]1COC(=O)C2CCC[C@@H](C(C)=O)N2C1=O.CN[C@H]1COCC2CCC[C@@H](C(C)=O)N2C1=O. The first-order valence-corrected chi connectivity index (χ1v) is 51.8. The molecule has 0 radical (unpaired) electrons. The van der Waals surface area contributed by atoms with Gasteiger partial charge in [0.05, 0.1) is 87.0 Å². The molecule has 15 aliphatic heterocycles. The summed E-state index contributed by atoms with van der Waals surface area (Å²) in [5.74, 6) is -1.41. The molecule has 824 valence electrons. The molecule has 16 heterocycles. The Labute approximate surface area is 865 Å². The number of carbonyl (C=O) groups excluding carboxylic acids is 21. The van der Waals surface area contributed by atoms with Gasteiger partial charge in [-0.1, -0.05) is 0 Å². The molecule has 0 spiro atoms. The van der Waals surface area contributed by atoms with Crippen molar-refractivity contribution >= 4 is 135 Å². The molecule has 0 aliphatic carbocycles. The molecule has 16 rings (SSSR count). The van der Waals surface area contributed by atoms with Crippen LogP contribution in [0.3, 0.4) is 0 Å². The summed E-state index contributed by atoms with van der Waals surface area (Å²) >= 11 is 0. The number of carbonyl (C=O) groups is 21. The Bertz CT molecular complexity index is 4580. The van der Waals surface area contributed by atoms with Crippen molar-refractivity contribution in [1.29, 1.82) is 0 Å². The number of piperidine rings is 5. The Kier molecular flexibility index (Phi) is 46.6. The standard InChI is InChI=1S/C15H20N4O4.C14H23N3O3.C12H19N3O3.C12H21N3O2.C12H18N2O4.C12H20N2O3.C11H18N4O3.C11H20N4O2/c1-10(20)7-18-12-5-4-6-17-14(12)19(13(21)9-23-3)8-11(16-2)15(18)22;1-9(18)13-6-4-5-11-7-16(10(2)19)8-12(15-3)14(20)17(11)13;1-7(16)9-4-3-5-10-11(17)14-6-8(13-2)12(18)15(9)10;1-8(16)11-5-3-4-9-6-14-7-10(13-2)12(17)15(9)11;1-7(15)9-4-3-5-10-12(17)18-6-8(13-2)11(16)14(9)10;1-8(15)11-5-3-4-9-6-17-7-10(13-2)12(16)14(9)11;1-7(16)9-4-3-5-14-11(18)13-6-8(12-2)10(17)15(9)14;1-8(16)10-4-3-5-14-7-13-6-9(12-2)11(17)15(10)14/h4-6,11,16H,7-9H2,1-3H3;11-13,15H,4-8H2,1-3H3;8-10,13H,3-6H2,1-2H3,(H,14,17);9-11,13-14H,3-7H2,1-2H3;8-10,13H,3-6H2,1-2H3;9-11,13H,3-7H2,1-2H3;8-9,12H,3-6H2,1-2H3,(H,13,18);9-10,12-13H,3-7H2,1-2H3/t;11?,12-,13-;8-,9-,10?;9?,10-,11-;8-,9-,10?;9?,10-,11-;8-,9-;9-,10-/m.0000000/s1. The van der Waals surface area contributed by atoms with Crippen molar-refractivity contribution in [2.45, 2.75) is 305 Å². The zero-order valence-electron chi connectivity index (χ0n) is 89.1. The molecule has 148 heavy (non-hydrogen) atoms. The predicted octanol–water partition coefficient (Wildman–Crippen LogP) is -4.64. The van der Waals surface area contributed by atoms with Crippen molar-refractivity contribution in [3.63, 3.8) is 0 Å². The number of nitrogens with zero attached hydrogens (tertiary/aromatic N) is 13. The minimum absolute atomic E-state index is 0.00241. The number of Topliss-reactive ketones (excluding diaryl/α,β-unsaturated/α-hetero) is 8. The Hall–Kier alpha value is -11.1. The number of urea groups is 1. The van der Waals surface area contributed by atoms with E-state index in [-0.39, 0.29) is 217 Å². The predicted molar refractivity (Wildman–Crippen MR) is 540 cm³/mol. The molecule has 49 heteroatoms. The van der Waals surface area contributed by atoms with Crippen molar-refractivity contribution in [2.24, 2.45) is 0 Å². The van der Waals surface area contributed by atoms with Crippen LogP contribution in [0, 0.1) is 0 Å². The molecule has 13 amide bonds. The van der Waals surface area contributed by atoms with E-state index in [9.17, 15) is 101 Å². The highest BCUT2D eigenvalue weighted by Crippen LogP contribution is 2.36. The molecule has 1 aromatic heterocycles. The van der Waals surface area contributed by atoms with Gasteiger partial charge in [-0.2, -0.15) is 0 Å². The number of fused-ring (bicyclic) bond motifs is 8. The Morgan fingerprint density at radius 1 is 0.399 bits per heavy atom. The van der Waals surface area contributed by atoms with Crippen LogP contribution >= 0.6 is 0 Å². The molecular formula is C99H159N25O24. The summed E-state index contributed by atoms with van der Waals surface area (Å²) in [6, 6.07) is -3.70. The second-order valence-corrected chi connectivity index (χ2v) is 39.7. The van der Waals surface area contributed by atoms with Crippen molar-refractivity contribution in [1.82, 2.24) is 118 Å². The van der Waals surface area contributed by atoms with Gasteiger partial charge >= 0.3 is 12.0 Å². The summed E-state index contributed by atoms with van der Waals surface area (Å²) in [6.45, 7) is 19.9. The number of aromatic nitrogens is 1. The van der Waals surface area contributed by atoms with Crippen LogP contribution in [0.1, 0.15) is 184 Å². The molecule has 12 N–H and O–H groups in total. The maximum atomic E-state index is 12.7. The summed E-state index contributed by atoms with van der Waals surface area (Å²) in [7, 11) is 15.1. The molecule has 14 fully saturated rings. The number of amides is 13. The topological polar surface area (TPSA) is 582 Å². The molecule has 20 atom stereocenters. The highest BCUT2D eigenvalue weighted by atomic mass is 16.5. The highest BCUT2D eigenvalue weighted by Gasteiger charge is 2.52. The summed E-state index contributed by atoms with van der Waals surface area (Å²) in [5.41, 5.74) is 0.440. The van der Waals surface area contributed by atoms with E-state index < -0.39 is 66.4 Å². The van der Waals surface area contributed by atoms with Crippen LogP contribution < -0.4 is 73.6 Å². The molecule has 0 bridgehead atoms. The van der Waals surface area contributed by atoms with Crippen LogP contribution in [0.2, 0.25) is 0 Å². The first-order valence-electron chi connectivity index (χ1n) is 51.8. The van der Waals surface area contributed by atoms with E-state index in [0.29, 0.717) is 96.2 Å². The van der Waals surface area contributed by atoms with E-state index >= 15 is 0 Å². The molecule has 15 aliphatic rings. The average molecular weight is 2080 g/mol. The fraction of sp³-hybridized carbons (Fsp3) is 0.737. The zero-order chi connectivity index (χ0) is 109. The van der Waals surface area contributed by atoms with Crippen LogP contribution in [0.15, 0.2) is 18.3 Å². The minimum atomic E-state index is -0.635. The van der Waals surface area contributed by atoms with Crippen molar-refractivity contribution < 1.29 is 115 Å². The van der Waals surface area contributed by atoms with Crippen LogP contribution in [-0.4, -0.2) is 467 Å². The summed E-state index contributed by atoms with van der Waals surface area (Å²) in [6.07, 6.45) is 16.7. The summed E-state index contributed by atoms with van der Waals surface area (Å²) < 4.78 is 15.5. The van der Waals surface area contributed by atoms with Gasteiger partial charge in [-0.05, 0) is 246 Å². The van der Waals surface area contributed by atoms with Gasteiger partial charge in [0.2, 0.25) is 47.3 Å². The molecule has 0 saturated carbocycles. The number of hydrazine groups is 2. The number of methoxy groups -OCH3 is 1. The van der Waals surface area contributed by atoms with E-state index in [1.807, 2.05) is 9.91 Å². The number of esters is 1. The maximum absolute atomic E-state index is 12.7. The summed E-state index contributed by atoms with van der Waals surface area (Å²) in [4.78, 5) is 270. The molecular weight excluding hydrogens is 1920 g/mol. The van der Waals surface area contributed by atoms with Crippen LogP contribution in [0.5, 0.6) is 0 Å². The number of hydrogen-bond acceptors (Lipinski definition) is 36. The number of ketones is 8. The second-order valence-electron chi connectivity index (χ2n) is 39.7. The number of rotatable bonds is 19. The summed E-state index contributed by atoms with van der Waals surface area (Å²) in [5, 5.41) is 41.7. The maximum Gasteiger partial charge on any atom is 0.336 e. The van der Waals surface area contributed by atoms with E-state index in [0.717, 1.165) is 103 Å². The molecule has 6 unspecified atom stereocenters. The highest BCUT2D eigenvalue weighted by molar-refractivity contribution is 6.09. The van der Waals surface area contributed by atoms with E-state index in [2.05, 4.69) is 68.8 Å². The Morgan fingerprint density at radius 3 is 1.36 bits per heavy atom. The Balaban J connectivity index is 0.000000188. The number of likely N-dealkylation sites (N-methyl/N-ethyl adjacent to an activating group) is 8. The van der Waals surface area contributed by atoms with Crippen LogP contribution in [0.4, 0.5) is 16.3 Å². The second kappa shape index (κ2) is 57.2. The molecule has 1 aromatic rings. The number of nitrogens with one attached hydrogen (secondary N) is 12. The van der Waals surface area contributed by atoms with Gasteiger partial charge < -0.3 is 112 Å². The Morgan fingerprint density at radius 2 is 0.818 bits per heavy atom. The zero-order valence-corrected chi connectivity index (χ0v) is 89.1. The van der Waals surface area contributed by atoms with Crippen molar-refractivity contribution in [3.05, 3.63) is 18.3 Å². The van der Waals surface area contributed by atoms with Gasteiger partial charge in [0.25, 0.3) is 17.7 Å². The fourth-order valence-electron chi connectivity index (χ4n) is 21.8. The normalized spacial score (nSPS) is 29.7. The van der Waals surface area contributed by atoms with Gasteiger partial charge in [0.1, 0.15) is 85.5 Å². The van der Waals surface area contributed by atoms with Gasteiger partial charge in [-0.25, -0.2) is 29.6 Å². The van der Waals surface area contributed by atoms with Crippen LogP contribution in [0.25, 0.3) is 0 Å². The van der Waals surface area contributed by atoms with Gasteiger partial charge in [0.15, 0.2) is 46.3 Å². The number of cyclic esters (lactones) is 1. The van der Waals surface area contributed by atoms with Gasteiger partial charge in [0, 0.05) is 85.2 Å². The third-order valence-electron chi connectivity index (χ3n) is 29.8. The monoisotopic (exact) mass is 2080 g/mol. The smallest absolute Gasteiger partial charge is 0.336 e. The quantitative estimate of drug-likeness (QED) is 0.0580. The largest absolute Gasteiger partial charge is 0.462 e. The molecule has 0 aromatic carbocycles. The van der Waals surface area contributed by atoms with E-state index in [1.165, 1.54) is 71.3 Å². The van der Waals surface area contributed by atoms with Gasteiger partial charge in [-0.3, -0.25) is 101 Å². The lowest BCUT2D eigenvalue weighted by atomic mass is 9.92. The number of anilines is 2. The first-order chi connectivity index (χ1) is 70.6. The van der Waals surface area contributed by atoms with Crippen molar-refractivity contribution in [2.75, 3.05) is 178 Å². The number of ether oxygens (including phenoxy) is 3. The van der Waals surface area contributed by atoms with E-state index in [4.69, 9.17) is 14.2 Å². The van der Waals surface area contributed by atoms with Crippen molar-refractivity contribution in [3.8, 4) is 0 Å². The lowest BCUT2D eigenvalue weighted by Gasteiger charge is -2.42. The lowest BCUT2D eigenvalue weighted by molar-refractivity contribution is -0.166. The fourth-order valence-corrected chi connectivity index (χ4v) is 21.8. The third-order valence-corrected chi connectivity index (χ3v) is 29.8. The molecule has 14 saturated heterocycles. The van der Waals surface area contributed by atoms with E-state index in [1.54, 1.807) is 122 Å². The average Bonchev–Trinajstić information content (AvgIpc) is 1.69. The number of hydrogen-bond donors (Lipinski definition) is 12. The van der Waals surface area contributed by atoms with Gasteiger partial charge in [-0.15, -0.1) is 0 Å².